The van der Waals surface area contributed by atoms with Crippen molar-refractivity contribution in [3.63, 3.8) is 0 Å². The van der Waals surface area contributed by atoms with E-state index in [1.807, 2.05) is 29.1 Å². The van der Waals surface area contributed by atoms with Crippen LogP contribution >= 0.6 is 0 Å². The first-order chi connectivity index (χ1) is 9.24. The molecular formula is C17H16N2. The minimum atomic E-state index is 1.14. The summed E-state index contributed by atoms with van der Waals surface area (Å²) in [5.41, 5.74) is 5.95. The number of nitrogens with zero attached hydrogens (tertiary/aromatic N) is 2. The van der Waals surface area contributed by atoms with Crippen LogP contribution in [0.4, 0.5) is 0 Å². The van der Waals surface area contributed by atoms with Crippen LogP contribution in [0.2, 0.25) is 0 Å². The van der Waals surface area contributed by atoms with Crippen LogP contribution in [-0.4, -0.2) is 9.78 Å². The lowest BCUT2D eigenvalue weighted by Gasteiger charge is -2.06. The maximum absolute atomic E-state index is 4.48. The van der Waals surface area contributed by atoms with Crippen LogP contribution in [0.3, 0.4) is 0 Å². The molecule has 19 heavy (non-hydrogen) atoms. The zero-order chi connectivity index (χ0) is 13.2. The summed E-state index contributed by atoms with van der Waals surface area (Å²) in [6, 6.07) is 16.7. The molecule has 0 aliphatic heterocycles. The molecule has 0 N–H and O–H groups in total. The molecule has 0 aliphatic rings. The highest BCUT2D eigenvalue weighted by molar-refractivity contribution is 5.62. The summed E-state index contributed by atoms with van der Waals surface area (Å²) in [5.74, 6) is 0. The smallest absolute Gasteiger partial charge is 0.0677 e. The molecule has 0 aliphatic carbocycles. The van der Waals surface area contributed by atoms with Gasteiger partial charge in [0.15, 0.2) is 0 Å². The Bertz CT molecular complexity index is 696. The van der Waals surface area contributed by atoms with Crippen LogP contribution < -0.4 is 0 Å². The summed E-state index contributed by atoms with van der Waals surface area (Å²) < 4.78 is 1.95. The van der Waals surface area contributed by atoms with Crippen LogP contribution in [0, 0.1) is 13.8 Å². The van der Waals surface area contributed by atoms with E-state index in [0.717, 1.165) is 11.3 Å². The first kappa shape index (κ1) is 11.7. The molecule has 0 saturated heterocycles. The van der Waals surface area contributed by atoms with Gasteiger partial charge in [-0.05, 0) is 36.6 Å². The van der Waals surface area contributed by atoms with Crippen molar-refractivity contribution >= 4 is 0 Å². The van der Waals surface area contributed by atoms with Gasteiger partial charge >= 0.3 is 0 Å². The Morgan fingerprint density at radius 2 is 1.68 bits per heavy atom. The number of rotatable bonds is 2. The Balaban J connectivity index is 2.04. The van der Waals surface area contributed by atoms with Gasteiger partial charge in [-0.3, -0.25) is 0 Å². The Morgan fingerprint density at radius 3 is 2.47 bits per heavy atom. The van der Waals surface area contributed by atoms with Crippen LogP contribution in [0.15, 0.2) is 60.9 Å². The summed E-state index contributed by atoms with van der Waals surface area (Å²) in [5, 5.41) is 4.48. The molecule has 0 bridgehead atoms. The van der Waals surface area contributed by atoms with E-state index in [2.05, 4.69) is 55.5 Å². The molecule has 94 valence electrons. The standard InChI is InChI=1S/C17H16N2/c1-13-8-9-14(2)17(10-13)19-12-16(11-18-19)15-6-4-3-5-7-15/h3-12H,1-2H3. The molecule has 0 saturated carbocycles. The number of aryl methyl sites for hydroxylation is 2. The van der Waals surface area contributed by atoms with Crippen molar-refractivity contribution in [2.24, 2.45) is 0 Å². The second-order valence-corrected chi connectivity index (χ2v) is 4.83. The van der Waals surface area contributed by atoms with Gasteiger partial charge in [0.1, 0.15) is 0 Å². The highest BCUT2D eigenvalue weighted by Gasteiger charge is 2.05. The van der Waals surface area contributed by atoms with E-state index in [4.69, 9.17) is 0 Å². The van der Waals surface area contributed by atoms with Crippen molar-refractivity contribution in [3.8, 4) is 16.8 Å². The number of hydrogen-bond donors (Lipinski definition) is 0. The van der Waals surface area contributed by atoms with E-state index >= 15 is 0 Å². The van der Waals surface area contributed by atoms with Gasteiger partial charge in [-0.25, -0.2) is 4.68 Å². The van der Waals surface area contributed by atoms with Gasteiger partial charge in [-0.1, -0.05) is 42.5 Å². The average Bonchev–Trinajstić information content (AvgIpc) is 2.92. The third-order valence-corrected chi connectivity index (χ3v) is 3.30. The Labute approximate surface area is 113 Å². The fourth-order valence-electron chi connectivity index (χ4n) is 2.20. The maximum Gasteiger partial charge on any atom is 0.0677 e. The van der Waals surface area contributed by atoms with Crippen LogP contribution in [0.25, 0.3) is 16.8 Å². The number of aromatic nitrogens is 2. The zero-order valence-corrected chi connectivity index (χ0v) is 11.2. The van der Waals surface area contributed by atoms with Gasteiger partial charge in [0.05, 0.1) is 11.9 Å². The molecule has 1 aromatic heterocycles. The quantitative estimate of drug-likeness (QED) is 0.666. The Morgan fingerprint density at radius 1 is 0.895 bits per heavy atom. The van der Waals surface area contributed by atoms with Crippen molar-refractivity contribution < 1.29 is 0 Å². The molecule has 0 atom stereocenters. The third kappa shape index (κ3) is 2.29. The minimum absolute atomic E-state index is 1.14. The molecule has 0 spiro atoms. The topological polar surface area (TPSA) is 17.8 Å². The lowest BCUT2D eigenvalue weighted by molar-refractivity contribution is 0.871. The molecule has 2 aromatic carbocycles. The summed E-state index contributed by atoms with van der Waals surface area (Å²) in [6.07, 6.45) is 3.99. The molecule has 3 rings (SSSR count). The molecule has 2 nitrogen and oxygen atoms in total. The third-order valence-electron chi connectivity index (χ3n) is 3.30. The minimum Gasteiger partial charge on any atom is -0.240 e. The van der Waals surface area contributed by atoms with Crippen molar-refractivity contribution in [3.05, 3.63) is 72.1 Å². The monoisotopic (exact) mass is 248 g/mol. The molecular weight excluding hydrogens is 232 g/mol. The van der Waals surface area contributed by atoms with E-state index in [9.17, 15) is 0 Å². The molecule has 2 heteroatoms. The van der Waals surface area contributed by atoms with Gasteiger partial charge in [0.25, 0.3) is 0 Å². The van der Waals surface area contributed by atoms with Gasteiger partial charge in [0, 0.05) is 11.8 Å². The fraction of sp³-hybridized carbons (Fsp3) is 0.118. The predicted molar refractivity (Wildman–Crippen MR) is 78.5 cm³/mol. The van der Waals surface area contributed by atoms with Crippen molar-refractivity contribution in [1.82, 2.24) is 9.78 Å². The molecule has 0 fully saturated rings. The molecule has 0 radical (unpaired) electrons. The molecule has 0 amide bonds. The number of benzene rings is 2. The van der Waals surface area contributed by atoms with Crippen molar-refractivity contribution in [1.29, 1.82) is 0 Å². The van der Waals surface area contributed by atoms with Crippen LogP contribution in [0.1, 0.15) is 11.1 Å². The van der Waals surface area contributed by atoms with Gasteiger partial charge in [-0.15, -0.1) is 0 Å². The SMILES string of the molecule is Cc1ccc(C)c(-n2cc(-c3ccccc3)cn2)c1. The number of hydrogen-bond acceptors (Lipinski definition) is 1. The van der Waals surface area contributed by atoms with E-state index < -0.39 is 0 Å². The molecule has 1 heterocycles. The van der Waals surface area contributed by atoms with E-state index in [1.165, 1.54) is 16.7 Å². The highest BCUT2D eigenvalue weighted by Crippen LogP contribution is 2.21. The molecule has 3 aromatic rings. The molecule has 0 unspecified atom stereocenters. The summed E-state index contributed by atoms with van der Waals surface area (Å²) in [4.78, 5) is 0. The van der Waals surface area contributed by atoms with Gasteiger partial charge < -0.3 is 0 Å². The van der Waals surface area contributed by atoms with E-state index in [0.29, 0.717) is 0 Å². The van der Waals surface area contributed by atoms with Crippen molar-refractivity contribution in [2.75, 3.05) is 0 Å². The fourth-order valence-corrected chi connectivity index (χ4v) is 2.20. The van der Waals surface area contributed by atoms with Crippen molar-refractivity contribution in [2.45, 2.75) is 13.8 Å². The second kappa shape index (κ2) is 4.73. The Kier molecular flexibility index (Phi) is 2.92. The average molecular weight is 248 g/mol. The first-order valence-electron chi connectivity index (χ1n) is 6.42. The predicted octanol–water partition coefficient (Wildman–Crippen LogP) is 4.16. The second-order valence-electron chi connectivity index (χ2n) is 4.83. The summed E-state index contributed by atoms with van der Waals surface area (Å²) >= 11 is 0. The first-order valence-corrected chi connectivity index (χ1v) is 6.42. The lowest BCUT2D eigenvalue weighted by atomic mass is 10.1. The van der Waals surface area contributed by atoms with Crippen LogP contribution in [-0.2, 0) is 0 Å². The van der Waals surface area contributed by atoms with Gasteiger partial charge in [-0.2, -0.15) is 5.10 Å². The van der Waals surface area contributed by atoms with Crippen LogP contribution in [0.5, 0.6) is 0 Å². The Hall–Kier alpha value is -2.35. The normalized spacial score (nSPS) is 10.6. The zero-order valence-electron chi connectivity index (χ0n) is 11.2. The highest BCUT2D eigenvalue weighted by atomic mass is 15.3. The summed E-state index contributed by atoms with van der Waals surface area (Å²) in [6.45, 7) is 4.21. The maximum atomic E-state index is 4.48. The van der Waals surface area contributed by atoms with Gasteiger partial charge in [0.2, 0.25) is 0 Å². The largest absolute Gasteiger partial charge is 0.240 e. The summed E-state index contributed by atoms with van der Waals surface area (Å²) in [7, 11) is 0. The van der Waals surface area contributed by atoms with E-state index in [1.54, 1.807) is 0 Å². The lowest BCUT2D eigenvalue weighted by Crippen LogP contribution is -1.97. The van der Waals surface area contributed by atoms with E-state index in [-0.39, 0.29) is 0 Å².